The first kappa shape index (κ1) is 21.5. The summed E-state index contributed by atoms with van der Waals surface area (Å²) < 4.78 is 53.3. The Morgan fingerprint density at radius 1 is 1.23 bits per heavy atom. The lowest BCUT2D eigenvalue weighted by Crippen LogP contribution is -2.17. The van der Waals surface area contributed by atoms with E-state index >= 15 is 0 Å². The molecule has 2 unspecified atom stereocenters. The average Bonchev–Trinajstić information content (AvgIpc) is 3.28. The van der Waals surface area contributed by atoms with E-state index in [4.69, 9.17) is 16.3 Å². The van der Waals surface area contributed by atoms with Crippen molar-refractivity contribution in [3.05, 3.63) is 77.0 Å². The number of ether oxygens (including phenoxy) is 1. The second kappa shape index (κ2) is 9.62. The molecule has 2 atom stereocenters. The molecule has 0 aliphatic heterocycles. The van der Waals surface area contributed by atoms with Gasteiger partial charge in [-0.05, 0) is 48.6 Å². The summed E-state index contributed by atoms with van der Waals surface area (Å²) >= 11 is 6.27. The van der Waals surface area contributed by atoms with Gasteiger partial charge in [0.1, 0.15) is 23.6 Å². The molecule has 0 radical (unpaired) electrons. The molecule has 9 heteroatoms. The van der Waals surface area contributed by atoms with Gasteiger partial charge in [-0.3, -0.25) is 4.72 Å². The fourth-order valence-corrected chi connectivity index (χ4v) is 4.63. The lowest BCUT2D eigenvalue weighted by Gasteiger charge is -2.25. The number of nitrogens with one attached hydrogen (secondary N) is 1. The molecule has 1 aliphatic carbocycles. The number of hydrogen-bond acceptors (Lipinski definition) is 4. The van der Waals surface area contributed by atoms with Crippen molar-refractivity contribution in [1.29, 1.82) is 0 Å². The fourth-order valence-electron chi connectivity index (χ4n) is 3.48. The highest BCUT2D eigenvalue weighted by molar-refractivity contribution is 7.86. The Morgan fingerprint density at radius 2 is 2.03 bits per heavy atom. The van der Waals surface area contributed by atoms with Crippen LogP contribution in [0.4, 0.5) is 14.6 Å². The summed E-state index contributed by atoms with van der Waals surface area (Å²) in [5, 5.41) is 3.73. The highest BCUT2D eigenvalue weighted by Crippen LogP contribution is 2.35. The van der Waals surface area contributed by atoms with Crippen molar-refractivity contribution in [1.82, 2.24) is 5.16 Å². The van der Waals surface area contributed by atoms with E-state index in [1.54, 1.807) is 12.1 Å². The summed E-state index contributed by atoms with van der Waals surface area (Å²) in [4.78, 5) is -0.120. The third-order valence-corrected chi connectivity index (χ3v) is 6.40. The maximum absolute atomic E-state index is 14.6. The van der Waals surface area contributed by atoms with E-state index in [1.807, 2.05) is 0 Å². The number of allylic oxidation sites excluding steroid dienone is 1. The molecule has 0 saturated carbocycles. The molecule has 0 amide bonds. The third-order valence-electron chi connectivity index (χ3n) is 5.00. The molecule has 31 heavy (non-hydrogen) atoms. The van der Waals surface area contributed by atoms with E-state index in [9.17, 15) is 13.0 Å². The average molecular weight is 465 g/mol. The van der Waals surface area contributed by atoms with Crippen LogP contribution in [0, 0.1) is 17.6 Å². The van der Waals surface area contributed by atoms with Gasteiger partial charge in [-0.15, -0.1) is 0 Å². The predicted octanol–water partition coefficient (Wildman–Crippen LogP) is 6.00. The Balaban J connectivity index is 1.47. The monoisotopic (exact) mass is 464 g/mol. The van der Waals surface area contributed by atoms with Crippen LogP contribution >= 0.6 is 11.6 Å². The van der Waals surface area contributed by atoms with Crippen LogP contribution in [0.2, 0.25) is 5.02 Å². The normalized spacial score (nSPS) is 17.1. The molecule has 3 aromatic rings. The largest absolute Gasteiger partial charge is 0.491 e. The van der Waals surface area contributed by atoms with Gasteiger partial charge in [0.15, 0.2) is 16.8 Å². The first-order chi connectivity index (χ1) is 15.0. The first-order valence-corrected chi connectivity index (χ1v) is 11.2. The lowest BCUT2D eigenvalue weighted by atomic mass is 9.84. The van der Waals surface area contributed by atoms with Crippen LogP contribution in [0.3, 0.4) is 0 Å². The molecule has 2 aromatic carbocycles. The van der Waals surface area contributed by atoms with E-state index in [0.29, 0.717) is 6.61 Å². The van der Waals surface area contributed by atoms with Crippen molar-refractivity contribution in [2.24, 2.45) is 5.92 Å². The summed E-state index contributed by atoms with van der Waals surface area (Å²) in [5.74, 6) is -0.546. The number of benzene rings is 2. The van der Waals surface area contributed by atoms with Gasteiger partial charge in [-0.1, -0.05) is 35.0 Å². The number of halogens is 3. The minimum Gasteiger partial charge on any atom is -0.491 e. The maximum Gasteiger partial charge on any atom is 0.181 e. The van der Waals surface area contributed by atoms with Crippen LogP contribution in [0.5, 0.6) is 5.75 Å². The first-order valence-electron chi connectivity index (χ1n) is 9.68. The molecule has 1 aliphatic rings. The van der Waals surface area contributed by atoms with Crippen LogP contribution < -0.4 is 9.46 Å². The summed E-state index contributed by atoms with van der Waals surface area (Å²) in [7, 11) is -1.91. The van der Waals surface area contributed by atoms with Gasteiger partial charge in [-0.25, -0.2) is 13.0 Å². The van der Waals surface area contributed by atoms with E-state index in [-0.39, 0.29) is 33.2 Å². The van der Waals surface area contributed by atoms with Crippen LogP contribution in [0.25, 0.3) is 5.57 Å². The molecule has 4 rings (SSSR count). The Labute approximate surface area is 185 Å². The topological polar surface area (TPSA) is 64.4 Å². The number of nitrogens with zero attached hydrogens (tertiary/aromatic N) is 1. The highest BCUT2D eigenvalue weighted by Gasteiger charge is 2.22. The van der Waals surface area contributed by atoms with Gasteiger partial charge in [0.05, 0.1) is 16.5 Å². The van der Waals surface area contributed by atoms with Gasteiger partial charge in [0, 0.05) is 18.1 Å². The Bertz CT molecular complexity index is 1100. The zero-order valence-corrected chi connectivity index (χ0v) is 17.9. The second-order valence-corrected chi connectivity index (χ2v) is 8.66. The lowest BCUT2D eigenvalue weighted by molar-refractivity contribution is 0.267. The smallest absolute Gasteiger partial charge is 0.181 e. The molecule has 5 nitrogen and oxygen atoms in total. The molecular weight excluding hydrogens is 446 g/mol. The standard InChI is InChI=1S/C22H19ClF2N2O3S/c23-18-11-21(31(28)27-22-9-10-30-26-22)19(25)12-20(18)29-13-15-3-1-2-4-17(15)14-5-7-16(24)8-6-14/h4-12,15H,1-3,13H2,(H,26,27). The van der Waals surface area contributed by atoms with E-state index in [1.165, 1.54) is 30.5 Å². The molecule has 1 heterocycles. The van der Waals surface area contributed by atoms with Crippen molar-refractivity contribution in [3.8, 4) is 5.75 Å². The van der Waals surface area contributed by atoms with E-state index in [2.05, 4.69) is 20.5 Å². The number of rotatable bonds is 7. The number of hydrogen-bond donors (Lipinski definition) is 1. The molecule has 1 N–H and O–H groups in total. The summed E-state index contributed by atoms with van der Waals surface area (Å²) in [6.07, 6.45) is 6.28. The number of aromatic nitrogens is 1. The summed E-state index contributed by atoms with van der Waals surface area (Å²) in [5.41, 5.74) is 2.02. The predicted molar refractivity (Wildman–Crippen MR) is 115 cm³/mol. The fraction of sp³-hybridized carbons (Fsp3) is 0.227. The summed E-state index contributed by atoms with van der Waals surface area (Å²) in [6.45, 7) is 0.294. The zero-order chi connectivity index (χ0) is 21.8. The van der Waals surface area contributed by atoms with Crippen molar-refractivity contribution in [2.45, 2.75) is 24.2 Å². The third kappa shape index (κ3) is 5.14. The zero-order valence-electron chi connectivity index (χ0n) is 16.3. The van der Waals surface area contributed by atoms with Crippen LogP contribution in [-0.4, -0.2) is 16.0 Å². The summed E-state index contributed by atoms with van der Waals surface area (Å²) in [6, 6.07) is 10.2. The minimum atomic E-state index is -1.91. The number of anilines is 1. The molecule has 0 bridgehead atoms. The van der Waals surface area contributed by atoms with Crippen LogP contribution in [-0.2, 0) is 11.0 Å². The van der Waals surface area contributed by atoms with Crippen molar-refractivity contribution < 1.29 is 22.2 Å². The van der Waals surface area contributed by atoms with Crippen molar-refractivity contribution in [3.63, 3.8) is 0 Å². The van der Waals surface area contributed by atoms with E-state index < -0.39 is 16.8 Å². The minimum absolute atomic E-state index is 0.0704. The van der Waals surface area contributed by atoms with Gasteiger partial charge in [0.25, 0.3) is 0 Å². The SMILES string of the molecule is O=S(Nc1ccon1)c1cc(Cl)c(OCC2CCCC=C2c2ccc(F)cc2)cc1F. The molecule has 1 aromatic heterocycles. The van der Waals surface area contributed by atoms with Crippen molar-refractivity contribution in [2.75, 3.05) is 11.3 Å². The molecule has 0 saturated heterocycles. The molecular formula is C22H19ClF2N2O3S. The quantitative estimate of drug-likeness (QED) is 0.465. The van der Waals surface area contributed by atoms with Gasteiger partial charge in [0.2, 0.25) is 0 Å². The maximum atomic E-state index is 14.6. The van der Waals surface area contributed by atoms with E-state index in [0.717, 1.165) is 36.5 Å². The van der Waals surface area contributed by atoms with Gasteiger partial charge < -0.3 is 9.26 Å². The molecule has 0 fully saturated rings. The highest BCUT2D eigenvalue weighted by atomic mass is 35.5. The second-order valence-electron chi connectivity index (χ2n) is 7.07. The molecule has 0 spiro atoms. The van der Waals surface area contributed by atoms with Gasteiger partial charge in [-0.2, -0.15) is 0 Å². The van der Waals surface area contributed by atoms with Gasteiger partial charge >= 0.3 is 0 Å². The Morgan fingerprint density at radius 3 is 2.77 bits per heavy atom. The molecule has 162 valence electrons. The van der Waals surface area contributed by atoms with Crippen molar-refractivity contribution >= 4 is 34.0 Å². The Kier molecular flexibility index (Phi) is 6.67. The Hall–Kier alpha value is -2.71. The van der Waals surface area contributed by atoms with Crippen LogP contribution in [0.15, 0.2) is 64.2 Å². The van der Waals surface area contributed by atoms with Crippen LogP contribution in [0.1, 0.15) is 24.8 Å².